The minimum atomic E-state index is 0.351. The second-order valence-corrected chi connectivity index (χ2v) is 8.43. The van der Waals surface area contributed by atoms with E-state index >= 15 is 0 Å². The average Bonchev–Trinajstić information content (AvgIpc) is 2.93. The van der Waals surface area contributed by atoms with E-state index in [1.54, 1.807) is 0 Å². The predicted octanol–water partition coefficient (Wildman–Crippen LogP) is 5.21. The lowest BCUT2D eigenvalue weighted by atomic mass is 9.89. The van der Waals surface area contributed by atoms with Gasteiger partial charge in [0.1, 0.15) is 5.84 Å². The molecule has 0 saturated carbocycles. The quantitative estimate of drug-likeness (QED) is 0.536. The first-order chi connectivity index (χ1) is 15.8. The van der Waals surface area contributed by atoms with Crippen LogP contribution in [0.4, 0.5) is 5.69 Å². The third-order valence-electron chi connectivity index (χ3n) is 6.53. The summed E-state index contributed by atoms with van der Waals surface area (Å²) in [5.41, 5.74) is 6.96. The second kappa shape index (κ2) is 7.65. The molecule has 0 fully saturated rings. The van der Waals surface area contributed by atoms with Gasteiger partial charge < -0.3 is 0 Å². The number of benzene rings is 3. The zero-order chi connectivity index (χ0) is 21.5. The van der Waals surface area contributed by atoms with Gasteiger partial charge in [-0.15, -0.1) is 0 Å². The highest BCUT2D eigenvalue weighted by atomic mass is 15.2. The number of amidine groups is 1. The Morgan fingerprint density at radius 1 is 0.750 bits per heavy atom. The molecule has 0 N–H and O–H groups in total. The summed E-state index contributed by atoms with van der Waals surface area (Å²) in [6, 6.07) is 25.7. The molecular weight excluding hydrogens is 388 g/mol. The van der Waals surface area contributed by atoms with E-state index in [2.05, 4.69) is 115 Å². The largest absolute Gasteiger partial charge is 0.295 e. The predicted molar refractivity (Wildman–Crippen MR) is 135 cm³/mol. The number of para-hydroxylation sites is 1. The van der Waals surface area contributed by atoms with Crippen LogP contribution in [0, 0.1) is 5.92 Å². The van der Waals surface area contributed by atoms with Crippen molar-refractivity contribution < 1.29 is 0 Å². The van der Waals surface area contributed by atoms with Crippen molar-refractivity contribution in [3.05, 3.63) is 125 Å². The van der Waals surface area contributed by atoms with Crippen molar-refractivity contribution in [1.82, 2.24) is 0 Å². The summed E-state index contributed by atoms with van der Waals surface area (Å²) < 4.78 is 0. The molecule has 32 heavy (non-hydrogen) atoms. The fourth-order valence-corrected chi connectivity index (χ4v) is 4.96. The maximum atomic E-state index is 5.09. The number of allylic oxidation sites excluding steroid dienone is 3. The van der Waals surface area contributed by atoms with E-state index in [0.29, 0.717) is 12.5 Å². The van der Waals surface area contributed by atoms with Crippen LogP contribution in [-0.2, 0) is 0 Å². The Balaban J connectivity index is 1.45. The Morgan fingerprint density at radius 3 is 2.34 bits per heavy atom. The monoisotopic (exact) mass is 412 g/mol. The van der Waals surface area contributed by atoms with E-state index in [1.165, 1.54) is 27.1 Å². The molecule has 3 aromatic rings. The zero-order valence-electron chi connectivity index (χ0n) is 17.9. The number of hydrogen-bond acceptors (Lipinski definition) is 2. The van der Waals surface area contributed by atoms with Gasteiger partial charge in [-0.25, -0.2) is 0 Å². The number of rotatable bonds is 1. The molecule has 2 aliphatic heterocycles. The number of aliphatic imine (C=N–C) groups is 1. The Bertz CT molecular complexity index is 1450. The first-order valence-electron chi connectivity index (χ1n) is 11.2. The highest BCUT2D eigenvalue weighted by Crippen LogP contribution is 2.41. The molecule has 0 spiro atoms. The molecule has 2 nitrogen and oxygen atoms in total. The number of fused-ring (bicyclic) bond motifs is 7. The van der Waals surface area contributed by atoms with Crippen LogP contribution in [0.1, 0.15) is 12.0 Å². The normalized spacial score (nSPS) is 21.4. The Kier molecular flexibility index (Phi) is 4.50. The van der Waals surface area contributed by atoms with Crippen molar-refractivity contribution in [2.24, 2.45) is 10.9 Å². The highest BCUT2D eigenvalue weighted by Gasteiger charge is 2.28. The molecule has 0 bridgehead atoms. The summed E-state index contributed by atoms with van der Waals surface area (Å²) in [7, 11) is 0. The van der Waals surface area contributed by atoms with Gasteiger partial charge in [0.05, 0.1) is 12.2 Å². The van der Waals surface area contributed by atoms with Crippen LogP contribution in [0.15, 0.2) is 114 Å². The molecule has 0 saturated heterocycles. The van der Waals surface area contributed by atoms with E-state index in [0.717, 1.165) is 29.2 Å². The van der Waals surface area contributed by atoms with Gasteiger partial charge in [0, 0.05) is 22.7 Å². The first kappa shape index (κ1) is 18.8. The standard InChI is InChI=1S/C30H24N2/c1-21-14-15-23(25-17-16-22-8-2-3-9-24(22)20-25)18-19-31-30-28-12-5-4-10-26(28)27-11-6-7-13-29(27)32(21)30/h2-16,18,20,25H,1,17,19H2/b15-14-,23-18+,31-30?. The fourth-order valence-electron chi connectivity index (χ4n) is 4.96. The van der Waals surface area contributed by atoms with Crippen molar-refractivity contribution in [2.45, 2.75) is 6.42 Å². The van der Waals surface area contributed by atoms with Crippen molar-refractivity contribution in [2.75, 3.05) is 11.4 Å². The molecule has 6 rings (SSSR count). The summed E-state index contributed by atoms with van der Waals surface area (Å²) in [6.07, 6.45) is 12.4. The minimum absolute atomic E-state index is 0.351. The van der Waals surface area contributed by atoms with E-state index < -0.39 is 0 Å². The van der Waals surface area contributed by atoms with Crippen LogP contribution >= 0.6 is 0 Å². The van der Waals surface area contributed by atoms with Crippen LogP contribution in [-0.4, -0.2) is 12.4 Å². The molecular formula is C30H24N2. The van der Waals surface area contributed by atoms with Crippen LogP contribution in [0.2, 0.25) is 0 Å². The second-order valence-electron chi connectivity index (χ2n) is 8.43. The van der Waals surface area contributed by atoms with E-state index in [9.17, 15) is 0 Å². The third-order valence-corrected chi connectivity index (χ3v) is 6.53. The average molecular weight is 413 g/mol. The third kappa shape index (κ3) is 3.07. The van der Waals surface area contributed by atoms with Crippen LogP contribution in [0.5, 0.6) is 0 Å². The molecule has 0 radical (unpaired) electrons. The molecule has 2 heteroatoms. The fraction of sp³-hybridized carbons (Fsp3) is 0.100. The molecule has 1 atom stereocenters. The summed E-state index contributed by atoms with van der Waals surface area (Å²) in [6.45, 7) is 5.08. The summed E-state index contributed by atoms with van der Waals surface area (Å²) >= 11 is 0. The van der Waals surface area contributed by atoms with Crippen molar-refractivity contribution >= 4 is 23.7 Å². The van der Waals surface area contributed by atoms with Crippen LogP contribution < -0.4 is 15.3 Å². The van der Waals surface area contributed by atoms with Gasteiger partial charge in [0.25, 0.3) is 0 Å². The molecule has 0 aromatic heterocycles. The summed E-state index contributed by atoms with van der Waals surface area (Å²) in [4.78, 5) is 7.29. The van der Waals surface area contributed by atoms with E-state index in [-0.39, 0.29) is 0 Å². The van der Waals surface area contributed by atoms with E-state index in [4.69, 9.17) is 4.99 Å². The molecule has 1 unspecified atom stereocenters. The van der Waals surface area contributed by atoms with Gasteiger partial charge in [0.2, 0.25) is 0 Å². The SMILES string of the molecule is C=C1/C=C\C(C2C=c3ccccc3=CC2)=C/CN=C2c3ccccc3-c3ccccc3N12. The Labute approximate surface area is 188 Å². The molecule has 0 amide bonds. The van der Waals surface area contributed by atoms with Gasteiger partial charge in [-0.3, -0.25) is 9.89 Å². The highest BCUT2D eigenvalue weighted by molar-refractivity contribution is 6.20. The molecule has 3 aromatic carbocycles. The minimum Gasteiger partial charge on any atom is -0.295 e. The van der Waals surface area contributed by atoms with Gasteiger partial charge in [0.15, 0.2) is 0 Å². The van der Waals surface area contributed by atoms with Gasteiger partial charge in [-0.1, -0.05) is 97.6 Å². The summed E-state index contributed by atoms with van der Waals surface area (Å²) in [5, 5.41) is 2.63. The molecule has 3 aliphatic rings. The van der Waals surface area contributed by atoms with Crippen molar-refractivity contribution in [3.63, 3.8) is 0 Å². The lowest BCUT2D eigenvalue weighted by Crippen LogP contribution is -2.33. The topological polar surface area (TPSA) is 15.6 Å². The lowest BCUT2D eigenvalue weighted by Gasteiger charge is -2.34. The molecule has 1 aliphatic carbocycles. The van der Waals surface area contributed by atoms with Crippen LogP contribution in [0.3, 0.4) is 0 Å². The number of anilines is 1. The zero-order valence-corrected chi connectivity index (χ0v) is 17.9. The number of hydrogen-bond donors (Lipinski definition) is 0. The van der Waals surface area contributed by atoms with Crippen molar-refractivity contribution in [1.29, 1.82) is 0 Å². The Morgan fingerprint density at radius 2 is 1.47 bits per heavy atom. The Hall–Kier alpha value is -3.91. The smallest absolute Gasteiger partial charge is 0.141 e. The molecule has 154 valence electrons. The number of nitrogens with zero attached hydrogens (tertiary/aromatic N) is 2. The van der Waals surface area contributed by atoms with Crippen LogP contribution in [0.25, 0.3) is 23.3 Å². The maximum absolute atomic E-state index is 5.09. The lowest BCUT2D eigenvalue weighted by molar-refractivity contribution is 0.847. The van der Waals surface area contributed by atoms with Gasteiger partial charge >= 0.3 is 0 Å². The first-order valence-corrected chi connectivity index (χ1v) is 11.2. The van der Waals surface area contributed by atoms with Gasteiger partial charge in [-0.05, 0) is 40.1 Å². The summed E-state index contributed by atoms with van der Waals surface area (Å²) in [5.74, 6) is 1.32. The van der Waals surface area contributed by atoms with E-state index in [1.807, 2.05) is 0 Å². The van der Waals surface area contributed by atoms with Gasteiger partial charge in [-0.2, -0.15) is 0 Å². The molecule has 2 heterocycles. The maximum Gasteiger partial charge on any atom is 0.141 e. The van der Waals surface area contributed by atoms with Crippen molar-refractivity contribution in [3.8, 4) is 11.1 Å².